The van der Waals surface area contributed by atoms with Gasteiger partial charge in [0.25, 0.3) is 0 Å². The molecule has 1 nitrogen and oxygen atoms in total. The number of benzene rings is 2. The molecule has 0 aliphatic carbocycles. The smallest absolute Gasteiger partial charge is 0.124 e. The van der Waals surface area contributed by atoms with E-state index in [1.54, 1.807) is 17.8 Å². The second-order valence-electron chi connectivity index (χ2n) is 3.71. The van der Waals surface area contributed by atoms with E-state index in [9.17, 15) is 4.39 Å². The van der Waals surface area contributed by atoms with Gasteiger partial charge in [-0.1, -0.05) is 37.9 Å². The van der Waals surface area contributed by atoms with Gasteiger partial charge >= 0.3 is 0 Å². The van der Waals surface area contributed by atoms with Crippen LogP contribution in [0.25, 0.3) is 0 Å². The molecule has 0 spiro atoms. The molecule has 0 radical (unpaired) electrons. The van der Waals surface area contributed by atoms with E-state index in [1.165, 1.54) is 12.1 Å². The molecule has 5 heteroatoms. The van der Waals surface area contributed by atoms with Crippen LogP contribution in [0.1, 0.15) is 5.56 Å². The Morgan fingerprint density at radius 2 is 1.89 bits per heavy atom. The summed E-state index contributed by atoms with van der Waals surface area (Å²) in [5.74, 6) is 0.506. The molecule has 0 aliphatic heterocycles. The summed E-state index contributed by atoms with van der Waals surface area (Å²) >= 11 is 8.36. The number of anilines is 1. The van der Waals surface area contributed by atoms with Crippen LogP contribution in [0, 0.1) is 5.82 Å². The predicted molar refractivity (Wildman–Crippen MR) is 82.2 cm³/mol. The van der Waals surface area contributed by atoms with E-state index in [4.69, 9.17) is 5.73 Å². The van der Waals surface area contributed by atoms with E-state index >= 15 is 0 Å². The van der Waals surface area contributed by atoms with Crippen LogP contribution in [-0.4, -0.2) is 0 Å². The molecule has 0 saturated heterocycles. The molecular formula is C13H10Br2FNS. The molecule has 0 amide bonds. The zero-order valence-electron chi connectivity index (χ0n) is 9.29. The molecule has 0 atom stereocenters. The molecule has 2 N–H and O–H groups in total. The quantitative estimate of drug-likeness (QED) is 0.573. The number of nitrogens with two attached hydrogens (primary N) is 1. The summed E-state index contributed by atoms with van der Waals surface area (Å²) in [6.45, 7) is 0. The molecule has 94 valence electrons. The molecule has 0 saturated carbocycles. The zero-order chi connectivity index (χ0) is 13.1. The van der Waals surface area contributed by atoms with Gasteiger partial charge in [-0.3, -0.25) is 0 Å². The summed E-state index contributed by atoms with van der Waals surface area (Å²) < 4.78 is 14.7. The van der Waals surface area contributed by atoms with E-state index in [1.807, 2.05) is 18.2 Å². The van der Waals surface area contributed by atoms with Gasteiger partial charge in [-0.15, -0.1) is 11.8 Å². The molecule has 0 fully saturated rings. The largest absolute Gasteiger partial charge is 0.398 e. The molecule has 0 bridgehead atoms. The average molecular weight is 391 g/mol. The SMILES string of the molecule is Nc1cc(Br)ccc1SCc1ccc(F)cc1Br. The first-order valence-corrected chi connectivity index (χ1v) is 7.75. The predicted octanol–water partition coefficient (Wildman–Crippen LogP) is 5.23. The second-order valence-corrected chi connectivity index (χ2v) is 6.49. The van der Waals surface area contributed by atoms with Gasteiger partial charge in [0.1, 0.15) is 5.82 Å². The van der Waals surface area contributed by atoms with Gasteiger partial charge in [0.2, 0.25) is 0 Å². The van der Waals surface area contributed by atoms with Crippen molar-refractivity contribution < 1.29 is 4.39 Å². The van der Waals surface area contributed by atoms with Gasteiger partial charge < -0.3 is 5.73 Å². The first-order valence-electron chi connectivity index (χ1n) is 5.18. The number of hydrogen-bond acceptors (Lipinski definition) is 2. The van der Waals surface area contributed by atoms with Crippen LogP contribution in [0.4, 0.5) is 10.1 Å². The topological polar surface area (TPSA) is 26.0 Å². The van der Waals surface area contributed by atoms with Crippen LogP contribution < -0.4 is 5.73 Å². The average Bonchev–Trinajstić information content (AvgIpc) is 2.30. The van der Waals surface area contributed by atoms with Crippen LogP contribution in [0.5, 0.6) is 0 Å². The van der Waals surface area contributed by atoms with Crippen molar-refractivity contribution in [2.45, 2.75) is 10.6 Å². The minimum atomic E-state index is -0.237. The van der Waals surface area contributed by atoms with Crippen LogP contribution in [-0.2, 0) is 5.75 Å². The zero-order valence-corrected chi connectivity index (χ0v) is 13.3. The Morgan fingerprint density at radius 1 is 1.11 bits per heavy atom. The lowest BCUT2D eigenvalue weighted by molar-refractivity contribution is 0.626. The van der Waals surface area contributed by atoms with E-state index in [2.05, 4.69) is 31.9 Å². The summed E-state index contributed by atoms with van der Waals surface area (Å²) in [5, 5.41) is 0. The fourth-order valence-electron chi connectivity index (χ4n) is 1.45. The molecule has 2 aromatic rings. The van der Waals surface area contributed by atoms with Crippen molar-refractivity contribution in [1.29, 1.82) is 0 Å². The summed E-state index contributed by atoms with van der Waals surface area (Å²) in [5.41, 5.74) is 7.71. The van der Waals surface area contributed by atoms with Crippen LogP contribution in [0.15, 0.2) is 50.2 Å². The van der Waals surface area contributed by atoms with Crippen LogP contribution >= 0.6 is 43.6 Å². The molecular weight excluding hydrogens is 381 g/mol. The first-order chi connectivity index (χ1) is 8.56. The van der Waals surface area contributed by atoms with Crippen LogP contribution in [0.2, 0.25) is 0 Å². The summed E-state index contributed by atoms with van der Waals surface area (Å²) in [6.07, 6.45) is 0. The Morgan fingerprint density at radius 3 is 2.56 bits per heavy atom. The van der Waals surface area contributed by atoms with Crippen molar-refractivity contribution in [1.82, 2.24) is 0 Å². The maximum absolute atomic E-state index is 13.0. The van der Waals surface area contributed by atoms with Crippen molar-refractivity contribution >= 4 is 49.3 Å². The molecule has 0 heterocycles. The van der Waals surface area contributed by atoms with Gasteiger partial charge in [0.15, 0.2) is 0 Å². The third-order valence-corrected chi connectivity index (χ3v) is 4.74. The Bertz CT molecular complexity index is 523. The number of rotatable bonds is 3. The lowest BCUT2D eigenvalue weighted by Gasteiger charge is -2.07. The number of thioether (sulfide) groups is 1. The van der Waals surface area contributed by atoms with E-state index in [0.29, 0.717) is 0 Å². The van der Waals surface area contributed by atoms with Crippen LogP contribution in [0.3, 0.4) is 0 Å². The third kappa shape index (κ3) is 3.49. The van der Waals surface area contributed by atoms with Gasteiger partial charge in [0.05, 0.1) is 0 Å². The number of hydrogen-bond donors (Lipinski definition) is 1. The minimum absolute atomic E-state index is 0.237. The molecule has 2 rings (SSSR count). The summed E-state index contributed by atoms with van der Waals surface area (Å²) in [7, 11) is 0. The molecule has 18 heavy (non-hydrogen) atoms. The van der Waals surface area contributed by atoms with Gasteiger partial charge in [-0.25, -0.2) is 4.39 Å². The highest BCUT2D eigenvalue weighted by Gasteiger charge is 2.05. The molecule has 2 aromatic carbocycles. The third-order valence-electron chi connectivity index (χ3n) is 2.37. The highest BCUT2D eigenvalue weighted by atomic mass is 79.9. The van der Waals surface area contributed by atoms with Crippen molar-refractivity contribution in [3.05, 3.63) is 56.7 Å². The van der Waals surface area contributed by atoms with Crippen molar-refractivity contribution in [2.75, 3.05) is 5.73 Å². The number of halogens is 3. The van der Waals surface area contributed by atoms with Gasteiger partial charge in [0, 0.05) is 25.3 Å². The molecule has 0 unspecified atom stereocenters. The summed E-state index contributed by atoms with van der Waals surface area (Å²) in [4.78, 5) is 1.02. The Labute approximate surface area is 126 Å². The fraction of sp³-hybridized carbons (Fsp3) is 0.0769. The lowest BCUT2D eigenvalue weighted by atomic mass is 10.2. The molecule has 0 aromatic heterocycles. The van der Waals surface area contributed by atoms with Crippen molar-refractivity contribution in [2.24, 2.45) is 0 Å². The van der Waals surface area contributed by atoms with Crippen molar-refractivity contribution in [3.63, 3.8) is 0 Å². The van der Waals surface area contributed by atoms with E-state index in [0.717, 1.165) is 30.8 Å². The highest BCUT2D eigenvalue weighted by Crippen LogP contribution is 2.32. The standard InChI is InChI=1S/C13H10Br2FNS/c14-9-2-4-13(12(17)5-9)18-7-8-1-3-10(16)6-11(8)15/h1-6H,7,17H2. The fourth-order valence-corrected chi connectivity index (χ4v) is 3.45. The van der Waals surface area contributed by atoms with E-state index < -0.39 is 0 Å². The van der Waals surface area contributed by atoms with Crippen molar-refractivity contribution in [3.8, 4) is 0 Å². The Balaban J connectivity index is 2.11. The van der Waals surface area contributed by atoms with Gasteiger partial charge in [-0.2, -0.15) is 0 Å². The Hall–Kier alpha value is -0.520. The normalized spacial score (nSPS) is 10.6. The molecule has 0 aliphatic rings. The lowest BCUT2D eigenvalue weighted by Crippen LogP contribution is -1.90. The maximum atomic E-state index is 13.0. The van der Waals surface area contributed by atoms with E-state index in [-0.39, 0.29) is 5.82 Å². The monoisotopic (exact) mass is 389 g/mol. The highest BCUT2D eigenvalue weighted by molar-refractivity contribution is 9.10. The maximum Gasteiger partial charge on any atom is 0.124 e. The summed E-state index contributed by atoms with van der Waals surface area (Å²) in [6, 6.07) is 10.5. The minimum Gasteiger partial charge on any atom is -0.398 e. The van der Waals surface area contributed by atoms with Gasteiger partial charge in [-0.05, 0) is 35.9 Å². The first kappa shape index (κ1) is 13.9. The second kappa shape index (κ2) is 6.08. The Kier molecular flexibility index (Phi) is 4.70. The number of nitrogen functional groups attached to an aromatic ring is 1.